The first-order valence-corrected chi connectivity index (χ1v) is 13.1. The first kappa shape index (κ1) is 24.1. The number of nitrogens with one attached hydrogen (secondary N) is 1. The van der Waals surface area contributed by atoms with E-state index in [0.717, 1.165) is 30.2 Å². The summed E-state index contributed by atoms with van der Waals surface area (Å²) >= 11 is 0. The summed E-state index contributed by atoms with van der Waals surface area (Å²) in [4.78, 5) is 18.6. The van der Waals surface area contributed by atoms with Crippen molar-refractivity contribution in [2.24, 2.45) is 23.7 Å². The molecule has 5 rings (SSSR count). The molecule has 9 nitrogen and oxygen atoms in total. The Morgan fingerprint density at radius 2 is 1.61 bits per heavy atom. The Hall–Kier alpha value is -2.01. The van der Waals surface area contributed by atoms with Crippen LogP contribution in [0.5, 0.6) is 0 Å². The second-order valence-electron chi connectivity index (χ2n) is 9.41. The van der Waals surface area contributed by atoms with E-state index in [9.17, 15) is 8.42 Å². The number of rotatable bonds is 5. The molecule has 0 aromatic heterocycles. The smallest absolute Gasteiger partial charge is 0.414 e. The first-order chi connectivity index (χ1) is 15.8. The number of ether oxygens (including phenoxy) is 1. The highest BCUT2D eigenvalue weighted by atomic mass is 32.2. The van der Waals surface area contributed by atoms with Crippen LogP contribution in [0.2, 0.25) is 0 Å². The van der Waals surface area contributed by atoms with Crippen molar-refractivity contribution in [3.05, 3.63) is 29.8 Å². The summed E-state index contributed by atoms with van der Waals surface area (Å²) in [5, 5.41) is 18.6. The fourth-order valence-electron chi connectivity index (χ4n) is 6.27. The van der Waals surface area contributed by atoms with Crippen molar-refractivity contribution in [1.82, 2.24) is 9.62 Å². The van der Waals surface area contributed by atoms with Crippen LogP contribution in [-0.4, -0.2) is 67.2 Å². The lowest BCUT2D eigenvalue weighted by Crippen LogP contribution is -2.40. The Labute approximate surface area is 194 Å². The van der Waals surface area contributed by atoms with E-state index in [2.05, 4.69) is 5.32 Å². The molecule has 1 aromatic rings. The minimum Gasteiger partial charge on any atom is -0.473 e. The van der Waals surface area contributed by atoms with Crippen LogP contribution in [0.3, 0.4) is 0 Å². The van der Waals surface area contributed by atoms with E-state index in [1.54, 1.807) is 12.1 Å². The number of nitrogens with zero attached hydrogens (tertiary/aromatic N) is 1. The van der Waals surface area contributed by atoms with Crippen molar-refractivity contribution in [2.75, 3.05) is 26.3 Å². The van der Waals surface area contributed by atoms with Crippen molar-refractivity contribution in [3.63, 3.8) is 0 Å². The molecule has 1 saturated heterocycles. The summed E-state index contributed by atoms with van der Waals surface area (Å²) in [5.74, 6) is 0.189. The lowest BCUT2D eigenvalue weighted by molar-refractivity contribution is -0.159. The number of hydrogen-bond acceptors (Lipinski definition) is 6. The summed E-state index contributed by atoms with van der Waals surface area (Å²) in [5.41, 5.74) is 1.17. The molecule has 2 bridgehead atoms. The van der Waals surface area contributed by atoms with Gasteiger partial charge >= 0.3 is 11.9 Å². The van der Waals surface area contributed by atoms with E-state index >= 15 is 0 Å². The van der Waals surface area contributed by atoms with Crippen molar-refractivity contribution in [3.8, 4) is 0 Å². The molecule has 1 aliphatic heterocycles. The average Bonchev–Trinajstić information content (AvgIpc) is 3.53. The summed E-state index contributed by atoms with van der Waals surface area (Å²) in [6.07, 6.45) is 7.13. The monoisotopic (exact) mass is 480 g/mol. The molecule has 0 amide bonds. The van der Waals surface area contributed by atoms with Crippen LogP contribution in [0, 0.1) is 23.7 Å². The minimum atomic E-state index is -3.39. The van der Waals surface area contributed by atoms with E-state index in [-0.39, 0.29) is 0 Å². The van der Waals surface area contributed by atoms with Crippen LogP contribution in [-0.2, 0) is 30.9 Å². The number of morpholine rings is 1. The predicted molar refractivity (Wildman–Crippen MR) is 119 cm³/mol. The van der Waals surface area contributed by atoms with Gasteiger partial charge in [-0.2, -0.15) is 4.31 Å². The highest BCUT2D eigenvalue weighted by molar-refractivity contribution is 7.89. The van der Waals surface area contributed by atoms with Gasteiger partial charge < -0.3 is 20.3 Å². The molecule has 5 atom stereocenters. The van der Waals surface area contributed by atoms with Crippen molar-refractivity contribution >= 4 is 22.0 Å². The number of carboxylic acids is 2. The van der Waals surface area contributed by atoms with Crippen LogP contribution in [0.1, 0.15) is 37.7 Å². The maximum absolute atomic E-state index is 12.7. The highest BCUT2D eigenvalue weighted by Gasteiger charge is 2.53. The van der Waals surface area contributed by atoms with Gasteiger partial charge in [0, 0.05) is 25.7 Å². The number of carboxylic acid groups (broad SMARTS) is 2. The average molecular weight is 481 g/mol. The third kappa shape index (κ3) is 5.24. The van der Waals surface area contributed by atoms with Gasteiger partial charge in [0.1, 0.15) is 0 Å². The van der Waals surface area contributed by atoms with Crippen LogP contribution < -0.4 is 5.32 Å². The topological polar surface area (TPSA) is 133 Å². The summed E-state index contributed by atoms with van der Waals surface area (Å²) in [6, 6.07) is 8.11. The molecule has 33 heavy (non-hydrogen) atoms. The standard InChI is InChI=1S/C21H30N2O3S.C2H2O4/c24-27(25,23-8-10-26-11-9-23)17-6-4-15(5-7-17)14-22-21-13-16-12-20(21)19-3-1-2-18(16)19;3-1(4)2(5)6/h4-7,16,18-22H,1-3,8-14H2;(H,3,4)(H,5,6). The third-order valence-corrected chi connectivity index (χ3v) is 9.62. The van der Waals surface area contributed by atoms with E-state index in [1.165, 1.54) is 42.0 Å². The number of carbonyl (C=O) groups is 2. The molecule has 182 valence electrons. The summed E-state index contributed by atoms with van der Waals surface area (Å²) < 4.78 is 32.2. The fourth-order valence-corrected chi connectivity index (χ4v) is 7.67. The number of fused-ring (bicyclic) bond motifs is 5. The molecule has 4 fully saturated rings. The molecule has 1 heterocycles. The zero-order valence-corrected chi connectivity index (χ0v) is 19.4. The van der Waals surface area contributed by atoms with Gasteiger partial charge in [-0.15, -0.1) is 0 Å². The number of sulfonamides is 1. The maximum Gasteiger partial charge on any atom is 0.414 e. The van der Waals surface area contributed by atoms with Gasteiger partial charge in [0.15, 0.2) is 0 Å². The summed E-state index contributed by atoms with van der Waals surface area (Å²) in [6.45, 7) is 2.68. The SMILES string of the molecule is O=C(O)C(=O)O.O=S(=O)(c1ccc(CNC2CC3CC2C2CCCC32)cc1)N1CCOCC1. The largest absolute Gasteiger partial charge is 0.473 e. The lowest BCUT2D eigenvalue weighted by atomic mass is 9.79. The van der Waals surface area contributed by atoms with Gasteiger partial charge in [-0.1, -0.05) is 18.6 Å². The number of hydrogen-bond donors (Lipinski definition) is 3. The Kier molecular flexibility index (Phi) is 7.37. The fraction of sp³-hybridized carbons (Fsp3) is 0.652. The molecule has 1 aromatic carbocycles. The molecule has 3 N–H and O–H groups in total. The second kappa shape index (κ2) is 10.1. The van der Waals surface area contributed by atoms with Crippen LogP contribution in [0.25, 0.3) is 0 Å². The molecule has 4 aliphatic rings. The Morgan fingerprint density at radius 3 is 2.24 bits per heavy atom. The van der Waals surface area contributed by atoms with Crippen molar-refractivity contribution in [2.45, 2.75) is 49.6 Å². The highest BCUT2D eigenvalue weighted by Crippen LogP contribution is 2.58. The Balaban J connectivity index is 0.000000385. The van der Waals surface area contributed by atoms with E-state index in [4.69, 9.17) is 24.5 Å². The molecular formula is C23H32N2O7S. The number of aliphatic carboxylic acids is 2. The van der Waals surface area contributed by atoms with Crippen LogP contribution >= 0.6 is 0 Å². The van der Waals surface area contributed by atoms with Gasteiger partial charge in [0.2, 0.25) is 10.0 Å². The minimum absolute atomic E-state index is 0.391. The quantitative estimate of drug-likeness (QED) is 0.543. The second-order valence-corrected chi connectivity index (χ2v) is 11.3. The summed E-state index contributed by atoms with van der Waals surface area (Å²) in [7, 11) is -3.39. The van der Waals surface area contributed by atoms with E-state index in [0.29, 0.717) is 37.2 Å². The van der Waals surface area contributed by atoms with Gasteiger partial charge in [0.05, 0.1) is 18.1 Å². The zero-order chi connectivity index (χ0) is 23.6. The molecule has 0 spiro atoms. The first-order valence-electron chi connectivity index (χ1n) is 11.6. The number of benzene rings is 1. The van der Waals surface area contributed by atoms with Crippen LogP contribution in [0.4, 0.5) is 0 Å². The van der Waals surface area contributed by atoms with Crippen molar-refractivity contribution < 1.29 is 33.0 Å². The maximum atomic E-state index is 12.7. The lowest BCUT2D eigenvalue weighted by Gasteiger charge is -2.32. The molecule has 3 aliphatic carbocycles. The molecule has 3 saturated carbocycles. The Bertz CT molecular complexity index is 948. The normalized spacial score (nSPS) is 31.0. The van der Waals surface area contributed by atoms with Gasteiger partial charge in [-0.05, 0) is 67.1 Å². The predicted octanol–water partition coefficient (Wildman–Crippen LogP) is 1.78. The zero-order valence-electron chi connectivity index (χ0n) is 18.6. The Morgan fingerprint density at radius 1 is 0.970 bits per heavy atom. The van der Waals surface area contributed by atoms with Gasteiger partial charge in [-0.3, -0.25) is 0 Å². The van der Waals surface area contributed by atoms with Crippen LogP contribution in [0.15, 0.2) is 29.2 Å². The molecule has 5 unspecified atom stereocenters. The molecule has 0 radical (unpaired) electrons. The third-order valence-electron chi connectivity index (χ3n) is 7.71. The van der Waals surface area contributed by atoms with Gasteiger partial charge in [0.25, 0.3) is 0 Å². The molecular weight excluding hydrogens is 448 g/mol. The van der Waals surface area contributed by atoms with Gasteiger partial charge in [-0.25, -0.2) is 18.0 Å². The molecule has 10 heteroatoms. The van der Waals surface area contributed by atoms with E-state index < -0.39 is 22.0 Å². The van der Waals surface area contributed by atoms with Crippen molar-refractivity contribution in [1.29, 1.82) is 0 Å². The van der Waals surface area contributed by atoms with E-state index in [1.807, 2.05) is 12.1 Å².